The lowest BCUT2D eigenvalue weighted by molar-refractivity contribution is 0.306. The Labute approximate surface area is 152 Å². The number of ether oxygens (including phenoxy) is 1. The third-order valence-corrected chi connectivity index (χ3v) is 4.29. The van der Waals surface area contributed by atoms with Crippen LogP contribution in [0.15, 0.2) is 66.7 Å². The Balaban J connectivity index is 1.59. The minimum Gasteiger partial charge on any atom is -0.489 e. The molecule has 0 radical (unpaired) electrons. The van der Waals surface area contributed by atoms with Crippen LogP contribution in [-0.2, 0) is 13.2 Å². The highest BCUT2D eigenvalue weighted by atomic mass is 35.5. The van der Waals surface area contributed by atoms with Crippen molar-refractivity contribution >= 4 is 17.3 Å². The van der Waals surface area contributed by atoms with E-state index in [1.165, 1.54) is 12.1 Å². The molecule has 0 atom stereocenters. The standard InChI is InChI=1S/C21H19ClFNO/c1-15-5-10-19(12-21(15)22)24-13-17-3-2-4-20(11-17)25-14-16-6-8-18(23)9-7-16/h2-12,24H,13-14H2,1H3. The van der Waals surface area contributed by atoms with Crippen molar-refractivity contribution in [3.63, 3.8) is 0 Å². The largest absolute Gasteiger partial charge is 0.489 e. The van der Waals surface area contributed by atoms with E-state index in [1.54, 1.807) is 12.1 Å². The fourth-order valence-electron chi connectivity index (χ4n) is 2.40. The van der Waals surface area contributed by atoms with Crippen LogP contribution in [0.4, 0.5) is 10.1 Å². The summed E-state index contributed by atoms with van der Waals surface area (Å²) in [6, 6.07) is 20.1. The molecule has 2 nitrogen and oxygen atoms in total. The van der Waals surface area contributed by atoms with E-state index in [2.05, 4.69) is 5.32 Å². The van der Waals surface area contributed by atoms with Gasteiger partial charge in [-0.2, -0.15) is 0 Å². The van der Waals surface area contributed by atoms with Gasteiger partial charge in [-0.15, -0.1) is 0 Å². The minimum atomic E-state index is -0.243. The molecule has 128 valence electrons. The molecule has 3 rings (SSSR count). The van der Waals surface area contributed by atoms with Gasteiger partial charge < -0.3 is 10.1 Å². The highest BCUT2D eigenvalue weighted by molar-refractivity contribution is 6.31. The van der Waals surface area contributed by atoms with Crippen molar-refractivity contribution in [3.8, 4) is 5.75 Å². The molecule has 4 heteroatoms. The summed E-state index contributed by atoms with van der Waals surface area (Å²) < 4.78 is 18.7. The van der Waals surface area contributed by atoms with Crippen molar-refractivity contribution in [2.75, 3.05) is 5.32 Å². The van der Waals surface area contributed by atoms with E-state index < -0.39 is 0 Å². The molecule has 25 heavy (non-hydrogen) atoms. The molecule has 1 N–H and O–H groups in total. The van der Waals surface area contributed by atoms with E-state index in [4.69, 9.17) is 16.3 Å². The predicted octanol–water partition coefficient (Wildman–Crippen LogP) is 5.98. The molecular weight excluding hydrogens is 337 g/mol. The first-order chi connectivity index (χ1) is 12.1. The summed E-state index contributed by atoms with van der Waals surface area (Å²) in [5.74, 6) is 0.540. The first-order valence-corrected chi connectivity index (χ1v) is 8.44. The monoisotopic (exact) mass is 355 g/mol. The van der Waals surface area contributed by atoms with Crippen molar-refractivity contribution in [2.45, 2.75) is 20.1 Å². The average molecular weight is 356 g/mol. The molecule has 3 aromatic carbocycles. The Hall–Kier alpha value is -2.52. The van der Waals surface area contributed by atoms with E-state index in [9.17, 15) is 4.39 Å². The lowest BCUT2D eigenvalue weighted by Gasteiger charge is -2.10. The van der Waals surface area contributed by atoms with Crippen molar-refractivity contribution < 1.29 is 9.13 Å². The van der Waals surface area contributed by atoms with Crippen molar-refractivity contribution in [1.82, 2.24) is 0 Å². The van der Waals surface area contributed by atoms with Crippen LogP contribution in [0.1, 0.15) is 16.7 Å². The van der Waals surface area contributed by atoms with Gasteiger partial charge >= 0.3 is 0 Å². The zero-order valence-electron chi connectivity index (χ0n) is 13.9. The third-order valence-electron chi connectivity index (χ3n) is 3.89. The maximum atomic E-state index is 12.9. The number of aryl methyl sites for hydroxylation is 1. The first kappa shape index (κ1) is 17.3. The van der Waals surface area contributed by atoms with Crippen molar-refractivity contribution in [1.29, 1.82) is 0 Å². The zero-order valence-corrected chi connectivity index (χ0v) is 14.7. The highest BCUT2D eigenvalue weighted by Crippen LogP contribution is 2.21. The van der Waals surface area contributed by atoms with Crippen LogP contribution in [0.25, 0.3) is 0 Å². The highest BCUT2D eigenvalue weighted by Gasteiger charge is 2.01. The molecule has 0 aliphatic carbocycles. The SMILES string of the molecule is Cc1ccc(NCc2cccc(OCc3ccc(F)cc3)c2)cc1Cl. The minimum absolute atomic E-state index is 0.243. The third kappa shape index (κ3) is 4.97. The van der Waals surface area contributed by atoms with Crippen molar-refractivity contribution in [3.05, 3.63) is 94.3 Å². The van der Waals surface area contributed by atoms with Gasteiger partial charge in [-0.05, 0) is 60.0 Å². The molecule has 0 amide bonds. The number of nitrogens with one attached hydrogen (secondary N) is 1. The molecule has 0 heterocycles. The lowest BCUT2D eigenvalue weighted by Crippen LogP contribution is -2.01. The summed E-state index contributed by atoms with van der Waals surface area (Å²) in [5.41, 5.74) is 4.07. The summed E-state index contributed by atoms with van der Waals surface area (Å²) in [6.07, 6.45) is 0. The van der Waals surface area contributed by atoms with Gasteiger partial charge in [0.15, 0.2) is 0 Å². The normalized spacial score (nSPS) is 10.5. The van der Waals surface area contributed by atoms with Gasteiger partial charge in [0.1, 0.15) is 18.2 Å². The van der Waals surface area contributed by atoms with Gasteiger partial charge in [-0.1, -0.05) is 41.9 Å². The number of halogens is 2. The maximum Gasteiger partial charge on any atom is 0.123 e. The number of hydrogen-bond donors (Lipinski definition) is 1. The summed E-state index contributed by atoms with van der Waals surface area (Å²) in [5, 5.41) is 4.11. The first-order valence-electron chi connectivity index (χ1n) is 8.06. The zero-order chi connectivity index (χ0) is 17.6. The molecule has 0 aliphatic rings. The predicted molar refractivity (Wildman–Crippen MR) is 101 cm³/mol. The van der Waals surface area contributed by atoms with E-state index >= 15 is 0 Å². The molecule has 0 aromatic heterocycles. The van der Waals surface area contributed by atoms with E-state index in [-0.39, 0.29) is 5.82 Å². The van der Waals surface area contributed by atoms with Crippen LogP contribution in [0.3, 0.4) is 0 Å². The smallest absolute Gasteiger partial charge is 0.123 e. The van der Waals surface area contributed by atoms with E-state index in [0.29, 0.717) is 13.2 Å². The van der Waals surface area contributed by atoms with Crippen molar-refractivity contribution in [2.24, 2.45) is 0 Å². The molecule has 3 aromatic rings. The van der Waals surface area contributed by atoms with Crippen LogP contribution in [0, 0.1) is 12.7 Å². The quantitative estimate of drug-likeness (QED) is 0.587. The maximum absolute atomic E-state index is 12.9. The fraction of sp³-hybridized carbons (Fsp3) is 0.143. The molecular formula is C21H19ClFNO. The van der Waals surface area contributed by atoms with Gasteiger partial charge in [-0.25, -0.2) is 4.39 Å². The Morgan fingerprint density at radius 3 is 2.52 bits per heavy atom. The second kappa shape index (κ2) is 8.04. The number of anilines is 1. The molecule has 0 saturated carbocycles. The van der Waals surface area contributed by atoms with E-state index in [1.807, 2.05) is 49.4 Å². The summed E-state index contributed by atoms with van der Waals surface area (Å²) in [6.45, 7) is 3.06. The van der Waals surface area contributed by atoms with Crippen LogP contribution in [0.5, 0.6) is 5.75 Å². The molecule has 0 spiro atoms. The van der Waals surface area contributed by atoms with Gasteiger partial charge in [0.05, 0.1) is 0 Å². The van der Waals surface area contributed by atoms with E-state index in [0.717, 1.165) is 33.1 Å². The van der Waals surface area contributed by atoms with Gasteiger partial charge in [-0.3, -0.25) is 0 Å². The second-order valence-corrected chi connectivity index (χ2v) is 6.29. The van der Waals surface area contributed by atoms with Crippen LogP contribution >= 0.6 is 11.6 Å². The Kier molecular flexibility index (Phi) is 5.56. The average Bonchev–Trinajstić information content (AvgIpc) is 2.63. The Bertz CT molecular complexity index is 849. The summed E-state index contributed by atoms with van der Waals surface area (Å²) in [4.78, 5) is 0. The number of hydrogen-bond acceptors (Lipinski definition) is 2. The van der Waals surface area contributed by atoms with Crippen LogP contribution in [-0.4, -0.2) is 0 Å². The summed E-state index contributed by atoms with van der Waals surface area (Å²) >= 11 is 6.15. The van der Waals surface area contributed by atoms with Crippen LogP contribution in [0.2, 0.25) is 5.02 Å². The number of benzene rings is 3. The second-order valence-electron chi connectivity index (χ2n) is 5.88. The van der Waals surface area contributed by atoms with Crippen LogP contribution < -0.4 is 10.1 Å². The van der Waals surface area contributed by atoms with Gasteiger partial charge in [0.2, 0.25) is 0 Å². The Morgan fingerprint density at radius 1 is 0.960 bits per heavy atom. The van der Waals surface area contributed by atoms with Gasteiger partial charge in [0.25, 0.3) is 0 Å². The molecule has 0 unspecified atom stereocenters. The molecule has 0 saturated heterocycles. The summed E-state index contributed by atoms with van der Waals surface area (Å²) in [7, 11) is 0. The molecule has 0 aliphatic heterocycles. The fourth-order valence-corrected chi connectivity index (χ4v) is 2.58. The number of rotatable bonds is 6. The lowest BCUT2D eigenvalue weighted by atomic mass is 10.2. The molecule has 0 bridgehead atoms. The Morgan fingerprint density at radius 2 is 1.76 bits per heavy atom. The van der Waals surface area contributed by atoms with Gasteiger partial charge in [0, 0.05) is 17.3 Å². The topological polar surface area (TPSA) is 21.3 Å². The molecule has 0 fully saturated rings.